The largest absolute Gasteiger partial charge is 0.368 e. The van der Waals surface area contributed by atoms with Crippen LogP contribution in [0.4, 0.5) is 0 Å². The first-order chi connectivity index (χ1) is 19.7. The maximum Gasteiger partial charge on any atom is 0.244 e. The van der Waals surface area contributed by atoms with E-state index >= 15 is 0 Å². The van der Waals surface area contributed by atoms with Gasteiger partial charge in [-0.25, -0.2) is 4.98 Å². The number of rotatable bonds is 17. The lowest BCUT2D eigenvalue weighted by atomic mass is 10.0. The predicted molar refractivity (Wildman–Crippen MR) is 158 cm³/mol. The number of hydrogen-bond acceptors (Lipinski definition) is 10. The van der Waals surface area contributed by atoms with Gasteiger partial charge in [-0.2, -0.15) is 25.3 Å². The van der Waals surface area contributed by atoms with Gasteiger partial charge in [-0.05, 0) is 12.8 Å². The second-order valence-electron chi connectivity index (χ2n) is 9.66. The fraction of sp³-hybridized carbons (Fsp3) is 0.583. The summed E-state index contributed by atoms with van der Waals surface area (Å²) >= 11 is 8.01. The van der Waals surface area contributed by atoms with Gasteiger partial charge in [-0.3, -0.25) is 33.6 Å². The van der Waals surface area contributed by atoms with E-state index in [1.807, 2.05) is 0 Å². The minimum Gasteiger partial charge on any atom is -0.368 e. The summed E-state index contributed by atoms with van der Waals surface area (Å²) in [4.78, 5) is 93.0. The summed E-state index contributed by atoms with van der Waals surface area (Å²) in [6, 6.07) is -5.33. The molecule has 16 nitrogen and oxygen atoms in total. The Morgan fingerprint density at radius 1 is 0.833 bits per heavy atom. The van der Waals surface area contributed by atoms with E-state index in [0.29, 0.717) is 5.69 Å². The minimum absolute atomic E-state index is 0.00703. The first-order valence-corrected chi connectivity index (χ1v) is 14.2. The molecule has 42 heavy (non-hydrogen) atoms. The Kier molecular flexibility index (Phi) is 15.4. The molecule has 1 heterocycles. The van der Waals surface area contributed by atoms with Crippen LogP contribution in [0.25, 0.3) is 0 Å². The topological polar surface area (TPSA) is 246 Å². The van der Waals surface area contributed by atoms with E-state index in [0.717, 1.165) is 0 Å². The Labute approximate surface area is 254 Å². The van der Waals surface area contributed by atoms with Gasteiger partial charge in [0, 0.05) is 36.7 Å². The summed E-state index contributed by atoms with van der Waals surface area (Å²) in [7, 11) is 0. The van der Waals surface area contributed by atoms with Crippen LogP contribution in [0.2, 0.25) is 0 Å². The lowest BCUT2D eigenvalue weighted by Gasteiger charge is -2.24. The molecule has 0 saturated carbocycles. The number of primary amides is 1. The smallest absolute Gasteiger partial charge is 0.244 e. The van der Waals surface area contributed by atoms with Crippen LogP contribution in [0.5, 0.6) is 0 Å². The number of carbonyl (C=O) groups excluding carboxylic acids is 7. The fourth-order valence-electron chi connectivity index (χ4n) is 3.46. The molecule has 0 radical (unpaired) electrons. The third kappa shape index (κ3) is 12.4. The number of amides is 7. The minimum atomic E-state index is -1.18. The summed E-state index contributed by atoms with van der Waals surface area (Å²) < 4.78 is 0. The molecule has 0 bridgehead atoms. The van der Waals surface area contributed by atoms with Crippen molar-refractivity contribution in [2.75, 3.05) is 18.1 Å². The Bertz CT molecular complexity index is 1120. The SMILES string of the molecule is CC(=O)N[C@@H](CS)C(=O)N[C@@H](C)C(=O)N[C@@H](Cc1cnc[nH]1)C(=O)NCC(=O)N[C@H](C(=O)N[C@@H](CS)C(N)=O)C(C)C. The fourth-order valence-corrected chi connectivity index (χ4v) is 3.99. The van der Waals surface area contributed by atoms with Crippen LogP contribution in [-0.2, 0) is 40.0 Å². The summed E-state index contributed by atoms with van der Waals surface area (Å²) in [6.07, 6.45) is 2.81. The van der Waals surface area contributed by atoms with Gasteiger partial charge in [0.25, 0.3) is 0 Å². The highest BCUT2D eigenvalue weighted by molar-refractivity contribution is 7.80. The van der Waals surface area contributed by atoms with Gasteiger partial charge in [0.1, 0.15) is 30.2 Å². The highest BCUT2D eigenvalue weighted by Gasteiger charge is 2.29. The highest BCUT2D eigenvalue weighted by Crippen LogP contribution is 2.04. The first-order valence-electron chi connectivity index (χ1n) is 12.9. The molecule has 0 spiro atoms. The van der Waals surface area contributed by atoms with E-state index in [-0.39, 0.29) is 23.8 Å². The van der Waals surface area contributed by atoms with Gasteiger partial charge in [0.05, 0.1) is 12.9 Å². The first kappa shape index (κ1) is 36.2. The van der Waals surface area contributed by atoms with Gasteiger partial charge < -0.3 is 42.6 Å². The van der Waals surface area contributed by atoms with Crippen molar-refractivity contribution in [2.24, 2.45) is 11.7 Å². The predicted octanol–water partition coefficient (Wildman–Crippen LogP) is -3.47. The van der Waals surface area contributed by atoms with Crippen LogP contribution in [0.1, 0.15) is 33.4 Å². The Hall–Kier alpha value is -3.80. The van der Waals surface area contributed by atoms with Crippen molar-refractivity contribution < 1.29 is 33.6 Å². The van der Waals surface area contributed by atoms with Crippen molar-refractivity contribution in [1.82, 2.24) is 41.9 Å². The molecule has 0 fully saturated rings. The molecule has 0 aliphatic carbocycles. The molecule has 1 rings (SSSR count). The van der Waals surface area contributed by atoms with Crippen molar-refractivity contribution >= 4 is 66.6 Å². The maximum atomic E-state index is 13.0. The van der Waals surface area contributed by atoms with Gasteiger partial charge in [-0.1, -0.05) is 13.8 Å². The zero-order chi connectivity index (χ0) is 32.0. The van der Waals surface area contributed by atoms with Crippen molar-refractivity contribution in [3.05, 3.63) is 18.2 Å². The number of aromatic amines is 1. The summed E-state index contributed by atoms with van der Waals surface area (Å²) in [5.41, 5.74) is 5.73. The summed E-state index contributed by atoms with van der Waals surface area (Å²) in [6.45, 7) is 5.44. The number of nitrogens with one attached hydrogen (secondary N) is 7. The van der Waals surface area contributed by atoms with Gasteiger partial charge in [0.2, 0.25) is 41.4 Å². The average molecular weight is 630 g/mol. The number of aromatic nitrogens is 2. The molecule has 0 aliphatic rings. The normalized spacial score (nSPS) is 14.4. The van der Waals surface area contributed by atoms with Crippen molar-refractivity contribution in [3.63, 3.8) is 0 Å². The molecular formula is C24H39N9O7S2. The van der Waals surface area contributed by atoms with E-state index in [4.69, 9.17) is 5.73 Å². The van der Waals surface area contributed by atoms with Crippen LogP contribution < -0.4 is 37.6 Å². The van der Waals surface area contributed by atoms with Gasteiger partial charge >= 0.3 is 0 Å². The van der Waals surface area contributed by atoms with Gasteiger partial charge in [-0.15, -0.1) is 0 Å². The van der Waals surface area contributed by atoms with E-state index in [9.17, 15) is 33.6 Å². The molecule has 9 N–H and O–H groups in total. The molecule has 1 aromatic heterocycles. The van der Waals surface area contributed by atoms with Crippen LogP contribution in [0, 0.1) is 5.92 Å². The quantitative estimate of drug-likeness (QED) is 0.0774. The van der Waals surface area contributed by atoms with E-state index in [2.05, 4.69) is 67.1 Å². The van der Waals surface area contributed by atoms with Crippen molar-refractivity contribution in [1.29, 1.82) is 0 Å². The molecule has 0 aliphatic heterocycles. The molecule has 0 aromatic carbocycles. The molecule has 18 heteroatoms. The molecule has 0 unspecified atom stereocenters. The summed E-state index contributed by atoms with van der Waals surface area (Å²) in [5.74, 6) is -5.10. The molecule has 5 atom stereocenters. The number of thiol groups is 2. The van der Waals surface area contributed by atoms with Crippen LogP contribution >= 0.6 is 25.3 Å². The van der Waals surface area contributed by atoms with E-state index in [1.165, 1.54) is 26.4 Å². The zero-order valence-corrected chi connectivity index (χ0v) is 25.5. The molecule has 0 saturated heterocycles. The van der Waals surface area contributed by atoms with Crippen molar-refractivity contribution in [3.8, 4) is 0 Å². The monoisotopic (exact) mass is 629 g/mol. The standard InChI is InChI=1S/C24H39N9O7S2/c1-11(2)19(24(40)32-16(8-41)20(25)36)33-18(35)7-27-22(38)15(5-14-6-26-10-28-14)31-21(37)12(3)29-23(39)17(9-42)30-13(4)34/h6,10-12,15-17,19,41-42H,5,7-9H2,1-4H3,(H2,25,36)(H,26,28)(H,27,38)(H,29,39)(H,30,34)(H,31,37)(H,32,40)(H,33,35)/t12-,15-,16-,17-,19-/m0/s1. The van der Waals surface area contributed by atoms with Crippen LogP contribution in [0.15, 0.2) is 12.5 Å². The number of H-pyrrole nitrogens is 1. The maximum absolute atomic E-state index is 13.0. The Morgan fingerprint density at radius 2 is 1.45 bits per heavy atom. The number of nitrogens with zero attached hydrogens (tertiary/aromatic N) is 1. The van der Waals surface area contributed by atoms with E-state index in [1.54, 1.807) is 13.8 Å². The van der Waals surface area contributed by atoms with Crippen LogP contribution in [0.3, 0.4) is 0 Å². The van der Waals surface area contributed by atoms with Gasteiger partial charge in [0.15, 0.2) is 0 Å². The molecule has 1 aromatic rings. The average Bonchev–Trinajstić information content (AvgIpc) is 3.43. The van der Waals surface area contributed by atoms with Crippen molar-refractivity contribution in [2.45, 2.75) is 64.3 Å². The lowest BCUT2D eigenvalue weighted by molar-refractivity contribution is -0.134. The highest BCUT2D eigenvalue weighted by atomic mass is 32.1. The van der Waals surface area contributed by atoms with Crippen LogP contribution in [-0.4, -0.2) is 99.6 Å². The van der Waals surface area contributed by atoms with E-state index < -0.39 is 78.1 Å². The second kappa shape index (κ2) is 17.9. The third-order valence-electron chi connectivity index (χ3n) is 5.77. The molecule has 7 amide bonds. The number of carbonyl (C=O) groups is 7. The number of imidazole rings is 1. The summed E-state index contributed by atoms with van der Waals surface area (Å²) in [5, 5.41) is 14.7. The molecule has 234 valence electrons. The molecular weight excluding hydrogens is 590 g/mol. The third-order valence-corrected chi connectivity index (χ3v) is 6.50. The Morgan fingerprint density at radius 3 is 1.95 bits per heavy atom. The number of nitrogens with two attached hydrogens (primary N) is 1. The lowest BCUT2D eigenvalue weighted by Crippen LogP contribution is -2.58. The zero-order valence-electron chi connectivity index (χ0n) is 23.7. The number of hydrogen-bond donors (Lipinski definition) is 10. The Balaban J connectivity index is 2.87. The second-order valence-corrected chi connectivity index (χ2v) is 10.4.